The van der Waals surface area contributed by atoms with Crippen molar-refractivity contribution in [1.29, 1.82) is 5.26 Å². The summed E-state index contributed by atoms with van der Waals surface area (Å²) in [4.78, 5) is 28.1. The molecule has 0 spiro atoms. The maximum absolute atomic E-state index is 13.4. The molecule has 2 atom stereocenters. The number of aromatic nitrogens is 5. The van der Waals surface area contributed by atoms with Crippen molar-refractivity contribution in [2.45, 2.75) is 19.8 Å². The lowest BCUT2D eigenvalue weighted by Gasteiger charge is -2.23. The summed E-state index contributed by atoms with van der Waals surface area (Å²) in [5.74, 6) is 0.420. The molecule has 2 aliphatic rings. The normalized spacial score (nSPS) is 24.1. The third kappa shape index (κ3) is 2.49. The standard InChI is InChI=1S/C20H19N7O2/c1-12-9-26(18(28)20(12,11-21)14-3-4-14)17-16-5-6-24-27(16)10-15(25-17)13-7-22-19(29-2)23-8-13/h5-8,10,12,14H,3-4,9H2,1-2H3/t12-,20+/m1/s1. The van der Waals surface area contributed by atoms with E-state index < -0.39 is 5.41 Å². The van der Waals surface area contributed by atoms with Crippen molar-refractivity contribution in [3.63, 3.8) is 0 Å². The lowest BCUT2D eigenvalue weighted by molar-refractivity contribution is -0.124. The third-order valence-electron chi connectivity index (χ3n) is 5.97. The summed E-state index contributed by atoms with van der Waals surface area (Å²) in [6.07, 6.45) is 8.52. The van der Waals surface area contributed by atoms with E-state index in [1.165, 1.54) is 7.11 Å². The number of carbonyl (C=O) groups excluding carboxylic acids is 1. The molecule has 0 radical (unpaired) electrons. The first-order chi connectivity index (χ1) is 14.1. The molecule has 146 valence electrons. The fourth-order valence-electron chi connectivity index (χ4n) is 4.28. The van der Waals surface area contributed by atoms with Crippen LogP contribution < -0.4 is 9.64 Å². The molecule has 9 nitrogen and oxygen atoms in total. The molecule has 0 bridgehead atoms. The zero-order valence-corrected chi connectivity index (χ0v) is 16.1. The number of methoxy groups -OCH3 is 1. The van der Waals surface area contributed by atoms with Crippen molar-refractivity contribution in [3.8, 4) is 23.3 Å². The number of fused-ring (bicyclic) bond motifs is 1. The lowest BCUT2D eigenvalue weighted by Crippen LogP contribution is -2.37. The average Bonchev–Trinajstić information content (AvgIpc) is 3.42. The Hall–Kier alpha value is -3.54. The molecule has 4 heterocycles. The highest BCUT2D eigenvalue weighted by molar-refractivity contribution is 6.04. The zero-order valence-electron chi connectivity index (χ0n) is 16.1. The third-order valence-corrected chi connectivity index (χ3v) is 5.97. The van der Waals surface area contributed by atoms with Gasteiger partial charge in [-0.1, -0.05) is 6.92 Å². The highest BCUT2D eigenvalue weighted by Crippen LogP contribution is 2.54. The number of carbonyl (C=O) groups is 1. The van der Waals surface area contributed by atoms with Crippen molar-refractivity contribution >= 4 is 17.2 Å². The van der Waals surface area contributed by atoms with Gasteiger partial charge in [-0.15, -0.1) is 0 Å². The maximum atomic E-state index is 13.4. The summed E-state index contributed by atoms with van der Waals surface area (Å²) in [6, 6.07) is 4.45. The minimum Gasteiger partial charge on any atom is -0.467 e. The topological polar surface area (TPSA) is 109 Å². The molecule has 1 saturated carbocycles. The van der Waals surface area contributed by atoms with Crippen molar-refractivity contribution in [1.82, 2.24) is 24.6 Å². The van der Waals surface area contributed by atoms with Gasteiger partial charge >= 0.3 is 6.01 Å². The molecule has 0 aromatic carbocycles. The van der Waals surface area contributed by atoms with E-state index in [2.05, 4.69) is 21.1 Å². The Morgan fingerprint density at radius 1 is 1.31 bits per heavy atom. The molecule has 9 heteroatoms. The Morgan fingerprint density at radius 2 is 2.07 bits per heavy atom. The van der Waals surface area contributed by atoms with Gasteiger partial charge in [0.15, 0.2) is 5.82 Å². The van der Waals surface area contributed by atoms with Crippen LogP contribution in [0.25, 0.3) is 16.8 Å². The molecule has 1 aliphatic carbocycles. The average molecular weight is 389 g/mol. The van der Waals surface area contributed by atoms with Crippen LogP contribution in [0.5, 0.6) is 6.01 Å². The van der Waals surface area contributed by atoms with Crippen LogP contribution in [0.1, 0.15) is 19.8 Å². The fourth-order valence-corrected chi connectivity index (χ4v) is 4.28. The molecule has 29 heavy (non-hydrogen) atoms. The van der Waals surface area contributed by atoms with Gasteiger partial charge in [0.25, 0.3) is 0 Å². The van der Waals surface area contributed by atoms with E-state index >= 15 is 0 Å². The maximum Gasteiger partial charge on any atom is 0.316 e. The highest BCUT2D eigenvalue weighted by Gasteiger charge is 2.61. The van der Waals surface area contributed by atoms with E-state index in [1.54, 1.807) is 34.2 Å². The SMILES string of the molecule is COc1ncc(-c2cn3nccc3c(N3C[C@@H](C)[C@@](C#N)(C4CC4)C3=O)n2)cn1. The number of nitriles is 1. The van der Waals surface area contributed by atoms with Gasteiger partial charge in [0.2, 0.25) is 5.91 Å². The lowest BCUT2D eigenvalue weighted by atomic mass is 9.75. The van der Waals surface area contributed by atoms with E-state index in [1.807, 2.05) is 13.0 Å². The van der Waals surface area contributed by atoms with Crippen molar-refractivity contribution < 1.29 is 9.53 Å². The summed E-state index contributed by atoms with van der Waals surface area (Å²) in [7, 11) is 1.50. The Bertz CT molecular complexity index is 1150. The van der Waals surface area contributed by atoms with Gasteiger partial charge in [-0.05, 0) is 24.8 Å². The molecule has 2 fully saturated rings. The van der Waals surface area contributed by atoms with Crippen LogP contribution in [0.2, 0.25) is 0 Å². The second-order valence-electron chi connectivity index (χ2n) is 7.64. The smallest absolute Gasteiger partial charge is 0.316 e. The Morgan fingerprint density at radius 3 is 2.72 bits per heavy atom. The first kappa shape index (κ1) is 17.6. The van der Waals surface area contributed by atoms with Gasteiger partial charge in [-0.2, -0.15) is 10.4 Å². The summed E-state index contributed by atoms with van der Waals surface area (Å²) in [5, 5.41) is 14.3. The van der Waals surface area contributed by atoms with E-state index in [9.17, 15) is 10.1 Å². The van der Waals surface area contributed by atoms with Crippen LogP contribution in [0, 0.1) is 28.6 Å². The van der Waals surface area contributed by atoms with Crippen LogP contribution in [0.3, 0.4) is 0 Å². The first-order valence-corrected chi connectivity index (χ1v) is 9.52. The minimum absolute atomic E-state index is 0.0646. The van der Waals surface area contributed by atoms with Crippen LogP contribution in [0.4, 0.5) is 5.82 Å². The van der Waals surface area contributed by atoms with Crippen LogP contribution in [-0.2, 0) is 4.79 Å². The molecule has 1 aliphatic heterocycles. The molecule has 0 N–H and O–H groups in total. The van der Waals surface area contributed by atoms with Crippen molar-refractivity contribution in [2.75, 3.05) is 18.6 Å². The number of ether oxygens (including phenoxy) is 1. The van der Waals surface area contributed by atoms with Crippen LogP contribution in [0.15, 0.2) is 30.9 Å². The number of anilines is 1. The molecule has 0 unspecified atom stereocenters. The predicted molar refractivity (Wildman–Crippen MR) is 103 cm³/mol. The Balaban J connectivity index is 1.62. The quantitative estimate of drug-likeness (QED) is 0.672. The van der Waals surface area contributed by atoms with Crippen LogP contribution in [-0.4, -0.2) is 44.1 Å². The molecular formula is C20H19N7O2. The number of nitrogens with zero attached hydrogens (tertiary/aromatic N) is 7. The molecule has 1 saturated heterocycles. The number of hydrogen-bond acceptors (Lipinski definition) is 7. The van der Waals surface area contributed by atoms with E-state index in [4.69, 9.17) is 9.72 Å². The Labute approximate surface area is 167 Å². The highest BCUT2D eigenvalue weighted by atomic mass is 16.5. The zero-order chi connectivity index (χ0) is 20.2. The second kappa shape index (κ2) is 6.24. The number of rotatable bonds is 4. The first-order valence-electron chi connectivity index (χ1n) is 9.52. The number of hydrogen-bond donors (Lipinski definition) is 0. The summed E-state index contributed by atoms with van der Waals surface area (Å²) >= 11 is 0. The second-order valence-corrected chi connectivity index (χ2v) is 7.64. The predicted octanol–water partition coefficient (Wildman–Crippen LogP) is 2.10. The monoisotopic (exact) mass is 389 g/mol. The van der Waals surface area contributed by atoms with Gasteiger partial charge in [0.1, 0.15) is 10.9 Å². The van der Waals surface area contributed by atoms with E-state index in [0.717, 1.165) is 12.8 Å². The summed E-state index contributed by atoms with van der Waals surface area (Å²) in [5.41, 5.74) is 1.02. The molecule has 1 amide bonds. The molecule has 3 aromatic rings. The Kier molecular flexibility index (Phi) is 3.77. The minimum atomic E-state index is -0.960. The van der Waals surface area contributed by atoms with Gasteiger partial charge in [-0.3, -0.25) is 9.69 Å². The van der Waals surface area contributed by atoms with Crippen molar-refractivity contribution in [3.05, 3.63) is 30.9 Å². The fraction of sp³-hybridized carbons (Fsp3) is 0.400. The van der Waals surface area contributed by atoms with E-state index in [-0.39, 0.29) is 23.8 Å². The van der Waals surface area contributed by atoms with Gasteiger partial charge in [-0.25, -0.2) is 19.5 Å². The van der Waals surface area contributed by atoms with Gasteiger partial charge in [0, 0.05) is 30.4 Å². The van der Waals surface area contributed by atoms with Gasteiger partial charge < -0.3 is 4.74 Å². The van der Waals surface area contributed by atoms with E-state index in [0.29, 0.717) is 29.1 Å². The van der Waals surface area contributed by atoms with Crippen LogP contribution >= 0.6 is 0 Å². The van der Waals surface area contributed by atoms with Gasteiger partial charge in [0.05, 0.1) is 31.3 Å². The summed E-state index contributed by atoms with van der Waals surface area (Å²) < 4.78 is 6.70. The molecule has 5 rings (SSSR count). The molecule has 3 aromatic heterocycles. The number of amides is 1. The largest absolute Gasteiger partial charge is 0.467 e. The summed E-state index contributed by atoms with van der Waals surface area (Å²) in [6.45, 7) is 2.44. The van der Waals surface area contributed by atoms with Crippen molar-refractivity contribution in [2.24, 2.45) is 17.3 Å². The molecular weight excluding hydrogens is 370 g/mol.